The van der Waals surface area contributed by atoms with E-state index < -0.39 is 0 Å². The lowest BCUT2D eigenvalue weighted by molar-refractivity contribution is -0.114. The lowest BCUT2D eigenvalue weighted by atomic mass is 10.1. The number of carbonyl (C=O) groups is 2. The van der Waals surface area contributed by atoms with Crippen LogP contribution < -0.4 is 5.32 Å². The SMILES string of the molecule is CC(=O)Nc1cc(Br)ccc1C(C)=O. The molecule has 1 amide bonds. The molecule has 0 saturated carbocycles. The summed E-state index contributed by atoms with van der Waals surface area (Å²) in [7, 11) is 0. The summed E-state index contributed by atoms with van der Waals surface area (Å²) in [5.41, 5.74) is 1.06. The highest BCUT2D eigenvalue weighted by molar-refractivity contribution is 9.10. The highest BCUT2D eigenvalue weighted by Gasteiger charge is 2.08. The molecule has 14 heavy (non-hydrogen) atoms. The summed E-state index contributed by atoms with van der Waals surface area (Å²) in [6, 6.07) is 5.15. The molecule has 0 fully saturated rings. The van der Waals surface area contributed by atoms with Crippen LogP contribution in [0.3, 0.4) is 0 Å². The normalized spacial score (nSPS) is 9.64. The third kappa shape index (κ3) is 2.67. The van der Waals surface area contributed by atoms with Gasteiger partial charge in [-0.15, -0.1) is 0 Å². The quantitative estimate of drug-likeness (QED) is 0.826. The largest absolute Gasteiger partial charge is 0.326 e. The summed E-state index contributed by atoms with van der Waals surface area (Å²) in [6.07, 6.45) is 0. The monoisotopic (exact) mass is 255 g/mol. The van der Waals surface area contributed by atoms with Gasteiger partial charge in [-0.2, -0.15) is 0 Å². The van der Waals surface area contributed by atoms with E-state index in [0.29, 0.717) is 11.3 Å². The summed E-state index contributed by atoms with van der Waals surface area (Å²) < 4.78 is 0.825. The van der Waals surface area contributed by atoms with Crippen molar-refractivity contribution < 1.29 is 9.59 Å². The van der Waals surface area contributed by atoms with E-state index in [1.54, 1.807) is 18.2 Å². The van der Waals surface area contributed by atoms with Gasteiger partial charge in [0.25, 0.3) is 0 Å². The average molecular weight is 256 g/mol. The molecule has 0 saturated heterocycles. The number of hydrogen-bond donors (Lipinski definition) is 1. The first-order valence-corrected chi connectivity index (χ1v) is 4.88. The number of anilines is 1. The zero-order valence-corrected chi connectivity index (χ0v) is 9.51. The fraction of sp³-hybridized carbons (Fsp3) is 0.200. The number of carbonyl (C=O) groups excluding carboxylic acids is 2. The first-order chi connectivity index (χ1) is 6.50. The second-order valence-electron chi connectivity index (χ2n) is 2.93. The van der Waals surface area contributed by atoms with E-state index in [-0.39, 0.29) is 11.7 Å². The van der Waals surface area contributed by atoms with Crippen LogP contribution in [0.4, 0.5) is 5.69 Å². The van der Waals surface area contributed by atoms with Crippen molar-refractivity contribution in [2.45, 2.75) is 13.8 Å². The van der Waals surface area contributed by atoms with Gasteiger partial charge in [-0.05, 0) is 25.1 Å². The Hall–Kier alpha value is -1.16. The minimum absolute atomic E-state index is 0.0683. The second kappa shape index (κ2) is 4.37. The van der Waals surface area contributed by atoms with Crippen LogP contribution in [0, 0.1) is 0 Å². The van der Waals surface area contributed by atoms with Crippen LogP contribution in [0.25, 0.3) is 0 Å². The third-order valence-electron chi connectivity index (χ3n) is 1.67. The van der Waals surface area contributed by atoms with E-state index in [1.807, 2.05) is 0 Å². The smallest absolute Gasteiger partial charge is 0.221 e. The third-order valence-corrected chi connectivity index (χ3v) is 2.16. The predicted octanol–water partition coefficient (Wildman–Crippen LogP) is 2.61. The van der Waals surface area contributed by atoms with E-state index in [1.165, 1.54) is 13.8 Å². The molecule has 0 bridgehead atoms. The topological polar surface area (TPSA) is 46.2 Å². The predicted molar refractivity (Wildman–Crippen MR) is 58.5 cm³/mol. The number of amides is 1. The van der Waals surface area contributed by atoms with Crippen molar-refractivity contribution in [3.63, 3.8) is 0 Å². The van der Waals surface area contributed by atoms with Crippen molar-refractivity contribution in [3.05, 3.63) is 28.2 Å². The van der Waals surface area contributed by atoms with Crippen LogP contribution in [-0.2, 0) is 4.79 Å². The molecule has 74 valence electrons. The molecule has 0 aliphatic heterocycles. The molecule has 4 heteroatoms. The maximum Gasteiger partial charge on any atom is 0.221 e. The zero-order chi connectivity index (χ0) is 10.7. The average Bonchev–Trinajstić information content (AvgIpc) is 2.01. The van der Waals surface area contributed by atoms with Gasteiger partial charge >= 0.3 is 0 Å². The number of hydrogen-bond acceptors (Lipinski definition) is 2. The number of rotatable bonds is 2. The van der Waals surface area contributed by atoms with Gasteiger partial charge in [0.1, 0.15) is 0 Å². The van der Waals surface area contributed by atoms with E-state index >= 15 is 0 Å². The van der Waals surface area contributed by atoms with Crippen LogP contribution in [0.2, 0.25) is 0 Å². The van der Waals surface area contributed by atoms with Gasteiger partial charge in [0.05, 0.1) is 5.69 Å². The zero-order valence-electron chi connectivity index (χ0n) is 7.93. The molecule has 0 radical (unpaired) electrons. The number of ketones is 1. The van der Waals surface area contributed by atoms with Crippen molar-refractivity contribution in [2.24, 2.45) is 0 Å². The molecule has 1 aromatic carbocycles. The van der Waals surface area contributed by atoms with Gasteiger partial charge in [-0.1, -0.05) is 15.9 Å². The highest BCUT2D eigenvalue weighted by Crippen LogP contribution is 2.21. The van der Waals surface area contributed by atoms with Gasteiger partial charge < -0.3 is 5.32 Å². The van der Waals surface area contributed by atoms with Gasteiger partial charge in [0, 0.05) is 17.0 Å². The Kier molecular flexibility index (Phi) is 3.41. The summed E-state index contributed by atoms with van der Waals surface area (Å²) in [4.78, 5) is 22.1. The van der Waals surface area contributed by atoms with Crippen molar-refractivity contribution in [1.82, 2.24) is 0 Å². The lowest BCUT2D eigenvalue weighted by Crippen LogP contribution is -2.09. The standard InChI is InChI=1S/C10H10BrNO2/c1-6(13)9-4-3-8(11)5-10(9)12-7(2)14/h3-5H,1-2H3,(H,12,14). The van der Waals surface area contributed by atoms with Crippen molar-refractivity contribution in [1.29, 1.82) is 0 Å². The maximum absolute atomic E-state index is 11.2. The minimum atomic E-state index is -0.189. The van der Waals surface area contributed by atoms with Crippen molar-refractivity contribution in [2.75, 3.05) is 5.32 Å². The Bertz CT molecular complexity index is 388. The van der Waals surface area contributed by atoms with Crippen LogP contribution in [0.15, 0.2) is 22.7 Å². The fourth-order valence-corrected chi connectivity index (χ4v) is 1.48. The summed E-state index contributed by atoms with van der Waals surface area (Å²) in [5.74, 6) is -0.258. The molecular weight excluding hydrogens is 246 g/mol. The van der Waals surface area contributed by atoms with E-state index in [9.17, 15) is 9.59 Å². The molecular formula is C10H10BrNO2. The summed E-state index contributed by atoms with van der Waals surface area (Å²) in [5, 5.41) is 2.61. The van der Waals surface area contributed by atoms with Gasteiger partial charge in [0.15, 0.2) is 5.78 Å². The van der Waals surface area contributed by atoms with Crippen molar-refractivity contribution >= 4 is 33.3 Å². The molecule has 0 heterocycles. The Balaban J connectivity index is 3.15. The summed E-state index contributed by atoms with van der Waals surface area (Å²) >= 11 is 3.27. The molecule has 0 atom stereocenters. The van der Waals surface area contributed by atoms with Crippen LogP contribution >= 0.6 is 15.9 Å². The number of Topliss-reactive ketones (excluding diaryl/α,β-unsaturated/α-hetero) is 1. The second-order valence-corrected chi connectivity index (χ2v) is 3.84. The Labute approximate surface area is 90.6 Å². The molecule has 0 aromatic heterocycles. The molecule has 1 rings (SSSR count). The Morgan fingerprint density at radius 2 is 1.93 bits per heavy atom. The number of nitrogens with one attached hydrogen (secondary N) is 1. The molecule has 1 N–H and O–H groups in total. The summed E-state index contributed by atoms with van der Waals surface area (Å²) in [6.45, 7) is 2.87. The van der Waals surface area contributed by atoms with E-state index in [0.717, 1.165) is 4.47 Å². The van der Waals surface area contributed by atoms with Crippen molar-refractivity contribution in [3.8, 4) is 0 Å². The number of benzene rings is 1. The molecule has 0 aliphatic rings. The Morgan fingerprint density at radius 1 is 1.29 bits per heavy atom. The van der Waals surface area contributed by atoms with Gasteiger partial charge in [0.2, 0.25) is 5.91 Å². The van der Waals surface area contributed by atoms with Crippen LogP contribution in [-0.4, -0.2) is 11.7 Å². The van der Waals surface area contributed by atoms with Crippen LogP contribution in [0.1, 0.15) is 24.2 Å². The number of halogens is 1. The van der Waals surface area contributed by atoms with Gasteiger partial charge in [-0.3, -0.25) is 9.59 Å². The lowest BCUT2D eigenvalue weighted by Gasteiger charge is -2.07. The van der Waals surface area contributed by atoms with Gasteiger partial charge in [-0.25, -0.2) is 0 Å². The molecule has 1 aromatic rings. The molecule has 0 unspecified atom stereocenters. The molecule has 3 nitrogen and oxygen atoms in total. The van der Waals surface area contributed by atoms with E-state index in [2.05, 4.69) is 21.2 Å². The highest BCUT2D eigenvalue weighted by atomic mass is 79.9. The first kappa shape index (κ1) is 10.9. The fourth-order valence-electron chi connectivity index (χ4n) is 1.12. The van der Waals surface area contributed by atoms with Crippen LogP contribution in [0.5, 0.6) is 0 Å². The Morgan fingerprint density at radius 3 is 2.43 bits per heavy atom. The molecule has 0 aliphatic carbocycles. The minimum Gasteiger partial charge on any atom is -0.326 e. The maximum atomic E-state index is 11.2. The molecule has 0 spiro atoms. The van der Waals surface area contributed by atoms with E-state index in [4.69, 9.17) is 0 Å². The first-order valence-electron chi connectivity index (χ1n) is 4.09.